The van der Waals surface area contributed by atoms with Gasteiger partial charge in [-0.25, -0.2) is 9.24 Å². The molecule has 0 aromatic heterocycles. The van der Waals surface area contributed by atoms with E-state index in [1.54, 1.807) is 12.1 Å². The van der Waals surface area contributed by atoms with Crippen molar-refractivity contribution in [1.82, 2.24) is 0 Å². The normalized spacial score (nSPS) is 17.1. The Bertz CT molecular complexity index is 2410. The summed E-state index contributed by atoms with van der Waals surface area (Å²) in [5, 5.41) is 2.09. The number of hydrogen-bond donors (Lipinski definition) is 0. The molecule has 60 heavy (non-hydrogen) atoms. The van der Waals surface area contributed by atoms with Crippen molar-refractivity contribution >= 4 is 31.6 Å². The molecule has 1 aliphatic heterocycles. The van der Waals surface area contributed by atoms with Crippen LogP contribution in [0.1, 0.15) is 117 Å². The van der Waals surface area contributed by atoms with Crippen molar-refractivity contribution in [3.63, 3.8) is 0 Å². The smallest absolute Gasteiger partial charge is 0.491 e. The van der Waals surface area contributed by atoms with Gasteiger partial charge in [-0.1, -0.05) is 86.7 Å². The van der Waals surface area contributed by atoms with Crippen LogP contribution >= 0.6 is 0 Å². The molecule has 314 valence electrons. The highest BCUT2D eigenvalue weighted by molar-refractivity contribution is 6.54. The Morgan fingerprint density at radius 3 is 1.83 bits per heavy atom. The van der Waals surface area contributed by atoms with Crippen LogP contribution in [0.15, 0.2) is 97.1 Å². The van der Waals surface area contributed by atoms with E-state index in [9.17, 15) is 4.39 Å². The van der Waals surface area contributed by atoms with E-state index in [1.165, 1.54) is 34.4 Å². The maximum atomic E-state index is 14.5. The number of benzene rings is 5. The van der Waals surface area contributed by atoms with Crippen molar-refractivity contribution in [3.8, 4) is 22.6 Å². The summed E-state index contributed by atoms with van der Waals surface area (Å²) >= 11 is 0. The summed E-state index contributed by atoms with van der Waals surface area (Å²) in [6, 6.07) is 28.9. The summed E-state index contributed by atoms with van der Waals surface area (Å²) in [5.74, 6) is 1.10. The third-order valence-corrected chi connectivity index (χ3v) is 14.2. The van der Waals surface area contributed by atoms with Crippen LogP contribution in [0.5, 0.6) is 11.5 Å². The lowest BCUT2D eigenvalue weighted by molar-refractivity contribution is -0.135. The minimum Gasteiger partial charge on any atom is -0.491 e. The van der Waals surface area contributed by atoms with Crippen LogP contribution in [-0.2, 0) is 28.7 Å². The molecule has 0 saturated carbocycles. The average Bonchev–Trinajstić information content (AvgIpc) is 3.48. The van der Waals surface area contributed by atoms with E-state index in [0.29, 0.717) is 11.4 Å². The molecule has 0 spiro atoms. The molecular weight excluding hydrogens is 770 g/mol. The Hall–Kier alpha value is -4.82. The maximum absolute atomic E-state index is 14.5. The van der Waals surface area contributed by atoms with Gasteiger partial charge < -0.3 is 27.2 Å². The fraction of sp³-hybridized carbons (Fsp3) is 0.392. The van der Waals surface area contributed by atoms with Gasteiger partial charge in [0.2, 0.25) is 0 Å². The van der Waals surface area contributed by atoms with E-state index in [1.807, 2.05) is 98.7 Å². The van der Waals surface area contributed by atoms with Gasteiger partial charge in [-0.05, 0) is 133 Å². The number of fused-ring (bicyclic) bond motifs is 8. The van der Waals surface area contributed by atoms with Crippen molar-refractivity contribution < 1.29 is 31.6 Å². The summed E-state index contributed by atoms with van der Waals surface area (Å²) in [6.07, 6.45) is 6.03. The Balaban J connectivity index is 1.25. The molecule has 0 bridgehead atoms. The summed E-state index contributed by atoms with van der Waals surface area (Å²) in [4.78, 5) is 3.81. The molecule has 9 heteroatoms. The third kappa shape index (κ3) is 8.29. The van der Waals surface area contributed by atoms with Crippen LogP contribution < -0.4 is 9.47 Å². The molecule has 0 radical (unpaired) electrons. The minimum atomic E-state index is -3.66. The maximum Gasteiger partial charge on any atom is 0.681 e. The lowest BCUT2D eigenvalue weighted by Gasteiger charge is -2.41. The highest BCUT2D eigenvalue weighted by atomic mass is 28.4. The van der Waals surface area contributed by atoms with Crippen molar-refractivity contribution in [1.29, 1.82) is 0 Å². The second-order valence-corrected chi connectivity index (χ2v) is 20.6. The number of ether oxygens (including phenoxy) is 2. The van der Waals surface area contributed by atoms with Gasteiger partial charge in [-0.3, -0.25) is 0 Å². The summed E-state index contributed by atoms with van der Waals surface area (Å²) < 4.78 is 54.0. The van der Waals surface area contributed by atoms with Gasteiger partial charge in [-0.2, -0.15) is 0 Å². The second-order valence-electron chi connectivity index (χ2n) is 18.7. The van der Waals surface area contributed by atoms with Crippen LogP contribution in [0.3, 0.4) is 0 Å². The summed E-state index contributed by atoms with van der Waals surface area (Å²) in [7, 11) is -3.66. The molecule has 0 amide bonds. The van der Waals surface area contributed by atoms with E-state index >= 15 is 0 Å². The van der Waals surface area contributed by atoms with Gasteiger partial charge in [0.25, 0.3) is 0 Å². The first-order valence-electron chi connectivity index (χ1n) is 21.0. The molecule has 5 aromatic rings. The zero-order valence-corrected chi connectivity index (χ0v) is 37.9. The molecule has 1 atom stereocenters. The van der Waals surface area contributed by atoms with Crippen molar-refractivity contribution in [3.05, 3.63) is 142 Å². The van der Waals surface area contributed by atoms with Crippen LogP contribution in [0.25, 0.3) is 32.8 Å². The molecular formula is C51H58FNO6Si. The standard InChI is InChI=1S/C51H58FNO6Si/c1-13-50(14-2)43-33-37(53-12)25-28-41(43)44-39-17-15-16-18-40(39)46-42(45(44)50)29-30-51(56-46,34-19-23-36(52)24-20-34)35-21-26-38(27-22-35)54-31-32-55-60(57-47(3,4)5,58-48(6,7)8)59-49(9,10)11/h15-30,33H,13-14,31-32H2,1-11H3. The monoisotopic (exact) mass is 827 g/mol. The Morgan fingerprint density at radius 2 is 1.28 bits per heavy atom. The lowest BCUT2D eigenvalue weighted by Crippen LogP contribution is -2.59. The molecule has 1 aliphatic carbocycles. The first-order chi connectivity index (χ1) is 28.3. The van der Waals surface area contributed by atoms with Crippen molar-refractivity contribution in [2.75, 3.05) is 13.2 Å². The van der Waals surface area contributed by atoms with Gasteiger partial charge in [0, 0.05) is 27.5 Å². The van der Waals surface area contributed by atoms with Crippen molar-refractivity contribution in [2.45, 2.75) is 117 Å². The fourth-order valence-corrected chi connectivity index (χ4v) is 11.7. The van der Waals surface area contributed by atoms with E-state index in [-0.39, 0.29) is 24.4 Å². The largest absolute Gasteiger partial charge is 0.681 e. The van der Waals surface area contributed by atoms with Crippen LogP contribution in [0.4, 0.5) is 10.1 Å². The number of nitrogens with zero attached hydrogens (tertiary/aromatic N) is 1. The SMILES string of the molecule is [C-]#[N+]c1ccc2c(c1)C(CC)(CC)c1c3c(c4ccccc4c1-2)OC(c1ccc(F)cc1)(c1ccc(OCCO[Si](OC(C)(C)C)(OC(C)(C)C)OC(C)(C)C)cc1)C=C3. The molecule has 7 nitrogen and oxygen atoms in total. The third-order valence-electron chi connectivity index (χ3n) is 11.0. The molecule has 1 unspecified atom stereocenters. The molecule has 2 aliphatic rings. The Kier molecular flexibility index (Phi) is 11.5. The number of hydrogen-bond acceptors (Lipinski definition) is 6. The van der Waals surface area contributed by atoms with Gasteiger partial charge >= 0.3 is 9.05 Å². The summed E-state index contributed by atoms with van der Waals surface area (Å²) in [5.41, 5.74) is 4.97. The van der Waals surface area contributed by atoms with E-state index < -0.39 is 31.5 Å². The second kappa shape index (κ2) is 15.9. The van der Waals surface area contributed by atoms with Crippen LogP contribution in [0, 0.1) is 12.4 Å². The predicted octanol–water partition coefficient (Wildman–Crippen LogP) is 13.2. The average molecular weight is 828 g/mol. The van der Waals surface area contributed by atoms with Crippen LogP contribution in [0.2, 0.25) is 0 Å². The first kappa shape index (κ1) is 43.3. The van der Waals surface area contributed by atoms with E-state index in [2.05, 4.69) is 61.2 Å². The fourth-order valence-electron chi connectivity index (χ4n) is 8.78. The summed E-state index contributed by atoms with van der Waals surface area (Å²) in [6.45, 7) is 30.3. The van der Waals surface area contributed by atoms with E-state index in [0.717, 1.165) is 46.1 Å². The molecule has 1 heterocycles. The minimum absolute atomic E-state index is 0.176. The quantitative estimate of drug-likeness (QED) is 0.0709. The molecule has 0 saturated heterocycles. The number of halogens is 1. The van der Waals surface area contributed by atoms with Gasteiger partial charge in [0.15, 0.2) is 11.3 Å². The highest BCUT2D eigenvalue weighted by Crippen LogP contribution is 2.60. The Labute approximate surface area is 356 Å². The molecule has 5 aromatic carbocycles. The van der Waals surface area contributed by atoms with E-state index in [4.69, 9.17) is 33.7 Å². The first-order valence-corrected chi connectivity index (χ1v) is 22.6. The van der Waals surface area contributed by atoms with Gasteiger partial charge in [0.1, 0.15) is 23.9 Å². The van der Waals surface area contributed by atoms with Crippen molar-refractivity contribution in [2.24, 2.45) is 0 Å². The predicted molar refractivity (Wildman–Crippen MR) is 240 cm³/mol. The lowest BCUT2D eigenvalue weighted by atomic mass is 9.71. The Morgan fingerprint density at radius 1 is 0.717 bits per heavy atom. The highest BCUT2D eigenvalue weighted by Gasteiger charge is 2.54. The molecule has 0 fully saturated rings. The van der Waals surface area contributed by atoms with Crippen LogP contribution in [-0.4, -0.2) is 39.1 Å². The topological polar surface area (TPSA) is 59.7 Å². The number of rotatable bonds is 12. The van der Waals surface area contributed by atoms with Gasteiger partial charge in [-0.15, -0.1) is 0 Å². The zero-order chi connectivity index (χ0) is 43.3. The van der Waals surface area contributed by atoms with Gasteiger partial charge in [0.05, 0.1) is 30.0 Å². The molecule has 7 rings (SSSR count). The molecule has 0 N–H and O–H groups in total. The zero-order valence-electron chi connectivity index (χ0n) is 36.9.